The SMILES string of the molecule is COCCOc1c(Cl)cccc1NCc1ccc(CO)cc1. The molecule has 0 aromatic heterocycles. The Balaban J connectivity index is 2.03. The van der Waals surface area contributed by atoms with Gasteiger partial charge in [0.15, 0.2) is 5.75 Å². The second-order valence-electron chi connectivity index (χ2n) is 4.79. The van der Waals surface area contributed by atoms with Gasteiger partial charge in [-0.25, -0.2) is 0 Å². The topological polar surface area (TPSA) is 50.7 Å². The predicted molar refractivity (Wildman–Crippen MR) is 88.5 cm³/mol. The summed E-state index contributed by atoms with van der Waals surface area (Å²) in [4.78, 5) is 0. The van der Waals surface area contributed by atoms with Gasteiger partial charge in [-0.3, -0.25) is 0 Å². The molecule has 2 rings (SSSR count). The number of ether oxygens (including phenoxy) is 2. The predicted octanol–water partition coefficient (Wildman–Crippen LogP) is 3.47. The fourth-order valence-electron chi connectivity index (χ4n) is 1.98. The van der Waals surface area contributed by atoms with Gasteiger partial charge in [0, 0.05) is 13.7 Å². The lowest BCUT2D eigenvalue weighted by atomic mass is 10.1. The Bertz CT molecular complexity index is 587. The van der Waals surface area contributed by atoms with Crippen LogP contribution in [-0.2, 0) is 17.9 Å². The number of nitrogens with one attached hydrogen (secondary N) is 1. The molecule has 0 aliphatic carbocycles. The molecule has 0 unspecified atom stereocenters. The van der Waals surface area contributed by atoms with Crippen LogP contribution < -0.4 is 10.1 Å². The van der Waals surface area contributed by atoms with Crippen molar-refractivity contribution < 1.29 is 14.6 Å². The number of benzene rings is 2. The molecular formula is C17H20ClNO3. The minimum Gasteiger partial charge on any atom is -0.487 e. The first-order valence-electron chi connectivity index (χ1n) is 7.07. The molecule has 0 atom stereocenters. The molecule has 2 aromatic rings. The first-order valence-corrected chi connectivity index (χ1v) is 7.45. The third-order valence-corrected chi connectivity index (χ3v) is 3.49. The van der Waals surface area contributed by atoms with Crippen molar-refractivity contribution in [3.63, 3.8) is 0 Å². The van der Waals surface area contributed by atoms with Gasteiger partial charge >= 0.3 is 0 Å². The van der Waals surface area contributed by atoms with Gasteiger partial charge in [-0.15, -0.1) is 0 Å². The van der Waals surface area contributed by atoms with Gasteiger partial charge in [0.2, 0.25) is 0 Å². The van der Waals surface area contributed by atoms with Crippen LogP contribution in [0.2, 0.25) is 5.02 Å². The zero-order valence-electron chi connectivity index (χ0n) is 12.5. The molecule has 0 saturated carbocycles. The molecule has 0 aliphatic rings. The highest BCUT2D eigenvalue weighted by atomic mass is 35.5. The average molecular weight is 322 g/mol. The number of aliphatic hydroxyl groups excluding tert-OH is 1. The van der Waals surface area contributed by atoms with E-state index < -0.39 is 0 Å². The van der Waals surface area contributed by atoms with Crippen LogP contribution in [0.25, 0.3) is 0 Å². The summed E-state index contributed by atoms with van der Waals surface area (Å²) < 4.78 is 10.7. The smallest absolute Gasteiger partial charge is 0.161 e. The maximum atomic E-state index is 9.05. The molecule has 5 heteroatoms. The summed E-state index contributed by atoms with van der Waals surface area (Å²) in [6, 6.07) is 13.4. The van der Waals surface area contributed by atoms with Crippen molar-refractivity contribution in [2.24, 2.45) is 0 Å². The van der Waals surface area contributed by atoms with Crippen molar-refractivity contribution in [1.29, 1.82) is 0 Å². The van der Waals surface area contributed by atoms with Crippen LogP contribution >= 0.6 is 11.6 Å². The Morgan fingerprint density at radius 3 is 2.45 bits per heavy atom. The molecule has 2 N–H and O–H groups in total. The van der Waals surface area contributed by atoms with E-state index in [2.05, 4.69) is 5.32 Å². The van der Waals surface area contributed by atoms with E-state index in [-0.39, 0.29) is 6.61 Å². The Morgan fingerprint density at radius 1 is 1.05 bits per heavy atom. The summed E-state index contributed by atoms with van der Waals surface area (Å²) in [6.45, 7) is 1.65. The number of methoxy groups -OCH3 is 1. The van der Waals surface area contributed by atoms with Crippen LogP contribution in [0, 0.1) is 0 Å². The van der Waals surface area contributed by atoms with E-state index in [1.165, 1.54) is 0 Å². The highest BCUT2D eigenvalue weighted by molar-refractivity contribution is 6.32. The number of hydrogen-bond donors (Lipinski definition) is 2. The van der Waals surface area contributed by atoms with Crippen LogP contribution in [0.15, 0.2) is 42.5 Å². The molecule has 0 radical (unpaired) electrons. The number of para-hydroxylation sites is 1. The summed E-state index contributed by atoms with van der Waals surface area (Å²) in [7, 11) is 1.63. The zero-order chi connectivity index (χ0) is 15.8. The summed E-state index contributed by atoms with van der Waals surface area (Å²) >= 11 is 6.20. The lowest BCUT2D eigenvalue weighted by Crippen LogP contribution is -2.07. The minimum atomic E-state index is 0.0550. The first-order chi connectivity index (χ1) is 10.7. The van der Waals surface area contributed by atoms with Gasteiger partial charge in [0.05, 0.1) is 23.9 Å². The maximum Gasteiger partial charge on any atom is 0.161 e. The molecule has 4 nitrogen and oxygen atoms in total. The standard InChI is InChI=1S/C17H20ClNO3/c1-21-9-10-22-17-15(18)3-2-4-16(17)19-11-13-5-7-14(12-20)8-6-13/h2-8,19-20H,9-12H2,1H3. The van der Waals surface area contributed by atoms with Crippen molar-refractivity contribution in [2.75, 3.05) is 25.6 Å². The zero-order valence-corrected chi connectivity index (χ0v) is 13.3. The van der Waals surface area contributed by atoms with Crippen LogP contribution in [0.4, 0.5) is 5.69 Å². The van der Waals surface area contributed by atoms with Gasteiger partial charge in [0.25, 0.3) is 0 Å². The highest BCUT2D eigenvalue weighted by Gasteiger charge is 2.08. The van der Waals surface area contributed by atoms with Gasteiger partial charge in [-0.05, 0) is 23.3 Å². The average Bonchev–Trinajstić information content (AvgIpc) is 2.55. The monoisotopic (exact) mass is 321 g/mol. The first kappa shape index (κ1) is 16.6. The Morgan fingerprint density at radius 2 is 1.77 bits per heavy atom. The quantitative estimate of drug-likeness (QED) is 0.731. The number of aliphatic hydroxyl groups is 1. The molecule has 0 aliphatic heterocycles. The van der Waals surface area contributed by atoms with Crippen LogP contribution in [0.1, 0.15) is 11.1 Å². The summed E-state index contributed by atoms with van der Waals surface area (Å²) in [5, 5.41) is 12.9. The molecular weight excluding hydrogens is 302 g/mol. The molecule has 0 amide bonds. The van der Waals surface area contributed by atoms with Crippen LogP contribution in [0.3, 0.4) is 0 Å². The molecule has 118 valence electrons. The summed E-state index contributed by atoms with van der Waals surface area (Å²) in [5.74, 6) is 0.633. The van der Waals surface area contributed by atoms with Crippen molar-refractivity contribution >= 4 is 17.3 Å². The number of halogens is 1. The van der Waals surface area contributed by atoms with Crippen LogP contribution in [0.5, 0.6) is 5.75 Å². The second kappa shape index (κ2) is 8.63. The molecule has 0 saturated heterocycles. The summed E-state index contributed by atoms with van der Waals surface area (Å²) in [5.41, 5.74) is 2.85. The van der Waals surface area contributed by atoms with Gasteiger partial charge in [0.1, 0.15) is 6.61 Å². The Labute approximate surface area is 135 Å². The van der Waals surface area contributed by atoms with Crippen molar-refractivity contribution in [1.82, 2.24) is 0 Å². The van der Waals surface area contributed by atoms with Gasteiger partial charge in [-0.2, -0.15) is 0 Å². The number of hydrogen-bond acceptors (Lipinski definition) is 4. The van der Waals surface area contributed by atoms with Crippen molar-refractivity contribution in [3.8, 4) is 5.75 Å². The van der Waals surface area contributed by atoms with E-state index in [9.17, 15) is 0 Å². The number of rotatable bonds is 8. The van der Waals surface area contributed by atoms with E-state index in [0.29, 0.717) is 30.5 Å². The molecule has 0 spiro atoms. The molecule has 2 aromatic carbocycles. The lowest BCUT2D eigenvalue weighted by Gasteiger charge is -2.14. The second-order valence-corrected chi connectivity index (χ2v) is 5.19. The molecule has 22 heavy (non-hydrogen) atoms. The minimum absolute atomic E-state index is 0.0550. The Hall–Kier alpha value is -1.75. The largest absolute Gasteiger partial charge is 0.487 e. The van der Waals surface area contributed by atoms with E-state index in [0.717, 1.165) is 16.8 Å². The van der Waals surface area contributed by atoms with E-state index in [4.69, 9.17) is 26.2 Å². The van der Waals surface area contributed by atoms with E-state index in [1.54, 1.807) is 13.2 Å². The van der Waals surface area contributed by atoms with Crippen LogP contribution in [-0.4, -0.2) is 25.4 Å². The lowest BCUT2D eigenvalue weighted by molar-refractivity contribution is 0.146. The third kappa shape index (κ3) is 4.63. The fraction of sp³-hybridized carbons (Fsp3) is 0.294. The van der Waals surface area contributed by atoms with Gasteiger partial charge < -0.3 is 19.9 Å². The maximum absolute atomic E-state index is 9.05. The normalized spacial score (nSPS) is 10.5. The molecule has 0 heterocycles. The van der Waals surface area contributed by atoms with Crippen molar-refractivity contribution in [2.45, 2.75) is 13.2 Å². The molecule has 0 bridgehead atoms. The summed E-state index contributed by atoms with van der Waals surface area (Å²) in [6.07, 6.45) is 0. The number of anilines is 1. The fourth-order valence-corrected chi connectivity index (χ4v) is 2.21. The van der Waals surface area contributed by atoms with Gasteiger partial charge in [-0.1, -0.05) is 41.9 Å². The van der Waals surface area contributed by atoms with E-state index in [1.807, 2.05) is 36.4 Å². The van der Waals surface area contributed by atoms with E-state index >= 15 is 0 Å². The Kier molecular flexibility index (Phi) is 6.52. The molecule has 0 fully saturated rings. The highest BCUT2D eigenvalue weighted by Crippen LogP contribution is 2.33. The third-order valence-electron chi connectivity index (χ3n) is 3.19. The van der Waals surface area contributed by atoms with Crippen molar-refractivity contribution in [3.05, 3.63) is 58.6 Å².